The highest BCUT2D eigenvalue weighted by atomic mass is 79.9. The summed E-state index contributed by atoms with van der Waals surface area (Å²) < 4.78 is 5.44. The van der Waals surface area contributed by atoms with E-state index in [0.29, 0.717) is 6.42 Å². The Morgan fingerprint density at radius 1 is 1.67 bits per heavy atom. The van der Waals surface area contributed by atoms with Crippen LogP contribution >= 0.6 is 27.5 Å². The molecule has 1 saturated heterocycles. The van der Waals surface area contributed by atoms with Crippen LogP contribution in [0.2, 0.25) is 0 Å². The van der Waals surface area contributed by atoms with Crippen molar-refractivity contribution in [2.24, 2.45) is 0 Å². The molecular weight excluding hydrogens is 283 g/mol. The van der Waals surface area contributed by atoms with Crippen LogP contribution in [0.5, 0.6) is 0 Å². The van der Waals surface area contributed by atoms with Crippen LogP contribution in [0, 0.1) is 0 Å². The Kier molecular flexibility index (Phi) is 4.23. The molecule has 3 nitrogen and oxygen atoms in total. The SMILES string of the molecule is CC(O)(C=CCl)C1CC(Br)C(C)(O)CO1. The Balaban J connectivity index is 2.69. The van der Waals surface area contributed by atoms with Crippen molar-refractivity contribution in [1.29, 1.82) is 0 Å². The minimum atomic E-state index is -1.11. The molecule has 0 aromatic heterocycles. The zero-order valence-electron chi connectivity index (χ0n) is 8.78. The van der Waals surface area contributed by atoms with E-state index < -0.39 is 11.2 Å². The third-order valence-electron chi connectivity index (χ3n) is 2.72. The fourth-order valence-electron chi connectivity index (χ4n) is 1.51. The minimum absolute atomic E-state index is 0.0982. The third kappa shape index (κ3) is 3.17. The first-order valence-electron chi connectivity index (χ1n) is 4.78. The van der Waals surface area contributed by atoms with E-state index in [1.54, 1.807) is 13.8 Å². The third-order valence-corrected chi connectivity index (χ3v) is 4.21. The second-order valence-corrected chi connectivity index (χ2v) is 5.74. The van der Waals surface area contributed by atoms with Crippen LogP contribution in [0.25, 0.3) is 0 Å². The van der Waals surface area contributed by atoms with E-state index in [-0.39, 0.29) is 17.5 Å². The zero-order chi connectivity index (χ0) is 11.7. The maximum Gasteiger partial charge on any atom is 0.107 e. The Hall–Kier alpha value is 0.390. The van der Waals surface area contributed by atoms with Crippen LogP contribution in [0.1, 0.15) is 20.3 Å². The molecule has 0 radical (unpaired) electrons. The van der Waals surface area contributed by atoms with Gasteiger partial charge in [0, 0.05) is 10.4 Å². The molecule has 0 amide bonds. The van der Waals surface area contributed by atoms with Gasteiger partial charge in [-0.2, -0.15) is 0 Å². The second-order valence-electron chi connectivity index (χ2n) is 4.38. The molecule has 1 heterocycles. The number of aliphatic hydroxyl groups is 2. The molecule has 1 aliphatic rings. The largest absolute Gasteiger partial charge is 0.387 e. The predicted octanol–water partition coefficient (Wildman–Crippen LogP) is 1.79. The van der Waals surface area contributed by atoms with E-state index in [1.165, 1.54) is 11.6 Å². The summed E-state index contributed by atoms with van der Waals surface area (Å²) in [4.78, 5) is -0.0982. The molecule has 5 heteroatoms. The number of hydrogen-bond acceptors (Lipinski definition) is 3. The van der Waals surface area contributed by atoms with Gasteiger partial charge in [0.2, 0.25) is 0 Å². The van der Waals surface area contributed by atoms with Crippen molar-refractivity contribution >= 4 is 27.5 Å². The van der Waals surface area contributed by atoms with Gasteiger partial charge in [-0.1, -0.05) is 27.5 Å². The maximum atomic E-state index is 10.0. The van der Waals surface area contributed by atoms with Crippen LogP contribution in [-0.4, -0.2) is 39.0 Å². The molecule has 4 atom stereocenters. The Morgan fingerprint density at radius 3 is 2.73 bits per heavy atom. The lowest BCUT2D eigenvalue weighted by atomic mass is 9.88. The van der Waals surface area contributed by atoms with Gasteiger partial charge in [-0.25, -0.2) is 0 Å². The average Bonchev–Trinajstić information content (AvgIpc) is 2.09. The molecule has 88 valence electrons. The van der Waals surface area contributed by atoms with Gasteiger partial charge in [0.05, 0.1) is 18.3 Å². The number of ether oxygens (including phenoxy) is 1. The summed E-state index contributed by atoms with van der Waals surface area (Å²) in [7, 11) is 0. The topological polar surface area (TPSA) is 49.7 Å². The molecule has 0 aromatic rings. The molecule has 15 heavy (non-hydrogen) atoms. The van der Waals surface area contributed by atoms with Crippen molar-refractivity contribution in [3.05, 3.63) is 11.6 Å². The van der Waals surface area contributed by atoms with Crippen molar-refractivity contribution in [2.45, 2.75) is 42.4 Å². The molecule has 0 spiro atoms. The van der Waals surface area contributed by atoms with Gasteiger partial charge in [-0.05, 0) is 26.3 Å². The van der Waals surface area contributed by atoms with E-state index in [9.17, 15) is 10.2 Å². The number of hydrogen-bond donors (Lipinski definition) is 2. The monoisotopic (exact) mass is 298 g/mol. The van der Waals surface area contributed by atoms with E-state index in [4.69, 9.17) is 16.3 Å². The number of alkyl halides is 1. The van der Waals surface area contributed by atoms with Crippen LogP contribution in [-0.2, 0) is 4.74 Å². The smallest absolute Gasteiger partial charge is 0.107 e. The summed E-state index contributed by atoms with van der Waals surface area (Å²) in [5, 5.41) is 19.9. The summed E-state index contributed by atoms with van der Waals surface area (Å²) in [5.41, 5.74) is -0.721. The highest BCUT2D eigenvalue weighted by Gasteiger charge is 2.43. The Bertz CT molecular complexity index is 253. The first kappa shape index (κ1) is 13.5. The van der Waals surface area contributed by atoms with Gasteiger partial charge in [0.15, 0.2) is 0 Å². The number of halogens is 2. The first-order valence-corrected chi connectivity index (χ1v) is 6.13. The normalized spacial score (nSPS) is 41.7. The highest BCUT2D eigenvalue weighted by Crippen LogP contribution is 2.33. The summed E-state index contributed by atoms with van der Waals surface area (Å²) in [6.07, 6.45) is 1.65. The van der Waals surface area contributed by atoms with E-state index >= 15 is 0 Å². The zero-order valence-corrected chi connectivity index (χ0v) is 11.1. The predicted molar refractivity (Wildman–Crippen MR) is 63.3 cm³/mol. The molecule has 0 aromatic carbocycles. The van der Waals surface area contributed by atoms with Gasteiger partial charge >= 0.3 is 0 Å². The summed E-state index contributed by atoms with van der Waals surface area (Å²) in [6, 6.07) is 0. The molecule has 4 unspecified atom stereocenters. The van der Waals surface area contributed by atoms with Crippen LogP contribution < -0.4 is 0 Å². The minimum Gasteiger partial charge on any atom is -0.387 e. The lowest BCUT2D eigenvalue weighted by Crippen LogP contribution is -2.53. The molecule has 0 aliphatic carbocycles. The fourth-order valence-corrected chi connectivity index (χ4v) is 2.24. The second kappa shape index (κ2) is 4.72. The van der Waals surface area contributed by atoms with Crippen LogP contribution in [0.15, 0.2) is 11.6 Å². The molecule has 1 fully saturated rings. The van der Waals surface area contributed by atoms with E-state index in [1.807, 2.05) is 0 Å². The van der Waals surface area contributed by atoms with Crippen molar-refractivity contribution in [3.8, 4) is 0 Å². The average molecular weight is 300 g/mol. The molecular formula is C10H16BrClO3. The highest BCUT2D eigenvalue weighted by molar-refractivity contribution is 9.09. The van der Waals surface area contributed by atoms with Gasteiger partial charge in [-0.3, -0.25) is 0 Å². The standard InChI is InChI=1S/C10H16BrClO3/c1-9(13,3-4-12)8-5-7(11)10(2,14)6-15-8/h3-4,7-8,13-14H,5-6H2,1-2H3. The molecule has 0 saturated carbocycles. The summed E-state index contributed by atoms with van der Waals surface area (Å²) >= 11 is 8.84. The van der Waals surface area contributed by atoms with Crippen LogP contribution in [0.3, 0.4) is 0 Å². The van der Waals surface area contributed by atoms with E-state index in [2.05, 4.69) is 15.9 Å². The first-order chi connectivity index (χ1) is 6.79. The summed E-state index contributed by atoms with van der Waals surface area (Å²) in [6.45, 7) is 3.53. The lowest BCUT2D eigenvalue weighted by Gasteiger charge is -2.42. The quantitative estimate of drug-likeness (QED) is 0.764. The lowest BCUT2D eigenvalue weighted by molar-refractivity contribution is -0.152. The van der Waals surface area contributed by atoms with Gasteiger partial charge in [0.1, 0.15) is 5.60 Å². The van der Waals surface area contributed by atoms with Crippen molar-refractivity contribution in [2.75, 3.05) is 6.61 Å². The van der Waals surface area contributed by atoms with Gasteiger partial charge < -0.3 is 14.9 Å². The van der Waals surface area contributed by atoms with Gasteiger partial charge in [0.25, 0.3) is 0 Å². The van der Waals surface area contributed by atoms with Crippen LogP contribution in [0.4, 0.5) is 0 Å². The number of rotatable bonds is 2. The Labute approximate surface area is 103 Å². The molecule has 1 aliphatic heterocycles. The van der Waals surface area contributed by atoms with Crippen molar-refractivity contribution in [3.63, 3.8) is 0 Å². The summed E-state index contributed by atoms with van der Waals surface area (Å²) in [5.74, 6) is 0. The fraction of sp³-hybridized carbons (Fsp3) is 0.800. The molecule has 1 rings (SSSR count). The van der Waals surface area contributed by atoms with E-state index in [0.717, 1.165) is 0 Å². The van der Waals surface area contributed by atoms with Crippen molar-refractivity contribution in [1.82, 2.24) is 0 Å². The van der Waals surface area contributed by atoms with Gasteiger partial charge in [-0.15, -0.1) is 0 Å². The maximum absolute atomic E-state index is 10.0. The Morgan fingerprint density at radius 2 is 2.27 bits per heavy atom. The molecule has 0 bridgehead atoms. The molecule has 2 N–H and O–H groups in total. The van der Waals surface area contributed by atoms with Crippen molar-refractivity contribution < 1.29 is 14.9 Å².